The SMILES string of the molecule is [CH-]=O.[CH3-].[W+2].[Y]. The molecule has 0 unspecified atom stereocenters. The first-order valence-corrected chi connectivity index (χ1v) is 0.236. The van der Waals surface area contributed by atoms with Crippen molar-refractivity contribution < 1.29 is 58.6 Å². The first-order chi connectivity index (χ1) is 1.00. The van der Waals surface area contributed by atoms with Gasteiger partial charge in [-0.1, -0.05) is 0 Å². The molecule has 0 aliphatic heterocycles. The monoisotopic (exact) mass is 317 g/mol. The fraction of sp³-hybridized carbons (Fsp3) is 0. The second kappa shape index (κ2) is 50.9. The third-order valence-corrected chi connectivity index (χ3v) is 0. The maximum atomic E-state index is 7.75. The van der Waals surface area contributed by atoms with E-state index in [0.717, 1.165) is 0 Å². The molecule has 0 N–H and O–H groups in total. The van der Waals surface area contributed by atoms with E-state index in [1.165, 1.54) is 0 Å². The topological polar surface area (TPSA) is 17.1 Å². The number of hydrogen-bond acceptors (Lipinski definition) is 1. The van der Waals surface area contributed by atoms with Gasteiger partial charge in [0.05, 0.1) is 0 Å². The van der Waals surface area contributed by atoms with E-state index in [-0.39, 0.29) is 61.2 Å². The van der Waals surface area contributed by atoms with Crippen molar-refractivity contribution >= 4 is 6.79 Å². The Hall–Kier alpha value is 1.46. The first-order valence-electron chi connectivity index (χ1n) is 0.236. The van der Waals surface area contributed by atoms with Crippen molar-refractivity contribution in [2.45, 2.75) is 0 Å². The Morgan fingerprint density at radius 1 is 1.20 bits per heavy atom. The molecule has 0 aromatic rings. The molecule has 0 aliphatic carbocycles. The van der Waals surface area contributed by atoms with E-state index in [0.29, 0.717) is 0 Å². The zero-order chi connectivity index (χ0) is 2.00. The quantitative estimate of drug-likeness (QED) is 0.460. The van der Waals surface area contributed by atoms with E-state index in [9.17, 15) is 0 Å². The Labute approximate surface area is 72.0 Å². The molecule has 5 heavy (non-hydrogen) atoms. The second-order valence-electron chi connectivity index (χ2n) is 0. The summed E-state index contributed by atoms with van der Waals surface area (Å²) < 4.78 is 0. The molecule has 3 heteroatoms. The van der Waals surface area contributed by atoms with Gasteiger partial charge >= 0.3 is 21.1 Å². The number of hydrogen-bond donors (Lipinski definition) is 0. The summed E-state index contributed by atoms with van der Waals surface area (Å²) >= 11 is 0. The molecule has 0 aromatic heterocycles. The van der Waals surface area contributed by atoms with Gasteiger partial charge in [0.1, 0.15) is 0 Å². The van der Waals surface area contributed by atoms with Crippen LogP contribution >= 0.6 is 0 Å². The van der Waals surface area contributed by atoms with Crippen LogP contribution < -0.4 is 0 Å². The second-order valence-corrected chi connectivity index (χ2v) is 0. The van der Waals surface area contributed by atoms with E-state index in [2.05, 4.69) is 6.79 Å². The standard InChI is InChI=1S/CHO.CH3.W.Y/c1-2;;;/h1H;1H3;;/q2*-1;+2;. The van der Waals surface area contributed by atoms with Crippen molar-refractivity contribution in [1.82, 2.24) is 0 Å². The Balaban J connectivity index is -0.00000000167. The van der Waals surface area contributed by atoms with Crippen molar-refractivity contribution in [3.8, 4) is 0 Å². The van der Waals surface area contributed by atoms with E-state index in [4.69, 9.17) is 4.79 Å². The van der Waals surface area contributed by atoms with Crippen LogP contribution in [-0.2, 0) is 58.6 Å². The maximum Gasteiger partial charge on any atom is 2.00 e. The van der Waals surface area contributed by atoms with Gasteiger partial charge in [-0.25, -0.2) is 0 Å². The molecule has 27 valence electrons. The van der Waals surface area contributed by atoms with Crippen LogP contribution in [0.2, 0.25) is 0 Å². The Kier molecular flexibility index (Phi) is 324. The van der Waals surface area contributed by atoms with Crippen molar-refractivity contribution in [2.24, 2.45) is 0 Å². The molecule has 0 saturated heterocycles. The first kappa shape index (κ1) is 31.8. The summed E-state index contributed by atoms with van der Waals surface area (Å²) in [5, 5.41) is 0. The molecule has 0 amide bonds. The Morgan fingerprint density at radius 2 is 1.20 bits per heavy atom. The van der Waals surface area contributed by atoms with Crippen LogP contribution in [0.4, 0.5) is 0 Å². The molecule has 1 nitrogen and oxygen atoms in total. The van der Waals surface area contributed by atoms with E-state index in [1.54, 1.807) is 0 Å². The molecule has 0 rings (SSSR count). The minimum absolute atomic E-state index is 0. The Morgan fingerprint density at radius 3 is 1.20 bits per heavy atom. The Bertz CT molecular complexity index is 9.61. The normalized spacial score (nSPS) is 0.800. The summed E-state index contributed by atoms with van der Waals surface area (Å²) in [6.07, 6.45) is 0. The molecular formula is C2H4OWY. The largest absolute Gasteiger partial charge is 2.00 e. The minimum Gasteiger partial charge on any atom is -0.545 e. The fourth-order valence-electron chi connectivity index (χ4n) is 0. The predicted molar refractivity (Wildman–Crippen MR) is 13.2 cm³/mol. The minimum atomic E-state index is 0. The van der Waals surface area contributed by atoms with Gasteiger partial charge in [-0.15, -0.1) is 0 Å². The summed E-state index contributed by atoms with van der Waals surface area (Å²) in [6, 6.07) is 0. The molecule has 1 radical (unpaired) electrons. The molecule has 0 bridgehead atoms. The third kappa shape index (κ3) is 30.6. The van der Waals surface area contributed by atoms with Gasteiger partial charge < -0.3 is 12.2 Å². The molecule has 0 spiro atoms. The van der Waals surface area contributed by atoms with Gasteiger partial charge in [0.2, 0.25) is 0 Å². The van der Waals surface area contributed by atoms with E-state index < -0.39 is 0 Å². The van der Waals surface area contributed by atoms with Crippen molar-refractivity contribution in [3.05, 3.63) is 7.43 Å². The average Bonchev–Trinajstić information content (AvgIpc) is 1.00. The van der Waals surface area contributed by atoms with Crippen molar-refractivity contribution in [2.75, 3.05) is 0 Å². The summed E-state index contributed by atoms with van der Waals surface area (Å²) in [4.78, 5) is 7.75. The van der Waals surface area contributed by atoms with Crippen LogP contribution in [0, 0.1) is 7.43 Å². The number of rotatable bonds is 0. The van der Waals surface area contributed by atoms with Gasteiger partial charge in [-0.3, -0.25) is 6.79 Å². The molecule has 0 saturated carbocycles. The van der Waals surface area contributed by atoms with Crippen LogP contribution in [0.1, 0.15) is 0 Å². The summed E-state index contributed by atoms with van der Waals surface area (Å²) in [5.41, 5.74) is 0. The fourth-order valence-corrected chi connectivity index (χ4v) is 0. The summed E-state index contributed by atoms with van der Waals surface area (Å²) in [7, 11) is 0. The van der Waals surface area contributed by atoms with E-state index in [1.807, 2.05) is 0 Å². The van der Waals surface area contributed by atoms with Crippen LogP contribution in [-0.4, -0.2) is 6.79 Å². The van der Waals surface area contributed by atoms with Crippen molar-refractivity contribution in [3.63, 3.8) is 0 Å². The molecule has 0 heterocycles. The molecule has 0 aliphatic rings. The van der Waals surface area contributed by atoms with Gasteiger partial charge in [-0.05, 0) is 0 Å². The maximum absolute atomic E-state index is 7.75. The molecular weight excluding hydrogens is 313 g/mol. The van der Waals surface area contributed by atoms with Gasteiger partial charge in [-0.2, -0.15) is 0 Å². The van der Waals surface area contributed by atoms with Crippen molar-refractivity contribution in [1.29, 1.82) is 0 Å². The average molecular weight is 317 g/mol. The molecule has 0 atom stereocenters. The van der Waals surface area contributed by atoms with Crippen LogP contribution in [0.5, 0.6) is 0 Å². The van der Waals surface area contributed by atoms with Crippen LogP contribution in [0.25, 0.3) is 0 Å². The zero-order valence-electron chi connectivity index (χ0n) is 2.97. The molecule has 0 aromatic carbocycles. The predicted octanol–water partition coefficient (Wildman–Crippen LogP) is 0.171. The number of carbonyl (C=O) groups excluding carboxylic acids is 1. The van der Waals surface area contributed by atoms with Gasteiger partial charge in [0.15, 0.2) is 0 Å². The van der Waals surface area contributed by atoms with Gasteiger partial charge in [0, 0.05) is 32.7 Å². The smallest absolute Gasteiger partial charge is 0.545 e. The third-order valence-electron chi connectivity index (χ3n) is 0. The summed E-state index contributed by atoms with van der Waals surface area (Å²) in [6.45, 7) is 3.25. The van der Waals surface area contributed by atoms with Crippen LogP contribution in [0.15, 0.2) is 0 Å². The van der Waals surface area contributed by atoms with Gasteiger partial charge in [0.25, 0.3) is 0 Å². The van der Waals surface area contributed by atoms with Crippen LogP contribution in [0.3, 0.4) is 0 Å². The summed E-state index contributed by atoms with van der Waals surface area (Å²) in [5.74, 6) is 0. The zero-order valence-corrected chi connectivity index (χ0v) is 8.74. The van der Waals surface area contributed by atoms with E-state index >= 15 is 0 Å². The molecule has 0 fully saturated rings.